The van der Waals surface area contributed by atoms with Crippen LogP contribution in [0, 0.1) is 0 Å². The lowest BCUT2D eigenvalue weighted by atomic mass is 10.1. The van der Waals surface area contributed by atoms with Crippen molar-refractivity contribution in [2.45, 2.75) is 284 Å². The summed E-state index contributed by atoms with van der Waals surface area (Å²) in [7, 11) is 0. The van der Waals surface area contributed by atoms with Crippen LogP contribution in [0.1, 0.15) is 278 Å². The van der Waals surface area contributed by atoms with Crippen LogP contribution >= 0.6 is 0 Å². The minimum absolute atomic E-state index is 0.104. The van der Waals surface area contributed by atoms with E-state index in [9.17, 15) is 14.4 Å². The minimum atomic E-state index is -0.811. The van der Waals surface area contributed by atoms with Gasteiger partial charge >= 0.3 is 17.9 Å². The Kier molecular flexibility index (Phi) is 58.9. The van der Waals surface area contributed by atoms with E-state index in [1.807, 2.05) is 0 Å². The molecule has 0 amide bonds. The van der Waals surface area contributed by atoms with Crippen LogP contribution in [0.25, 0.3) is 0 Å². The van der Waals surface area contributed by atoms with Crippen LogP contribution in [0.2, 0.25) is 0 Å². The summed E-state index contributed by atoms with van der Waals surface area (Å²) in [6.45, 7) is 6.45. The minimum Gasteiger partial charge on any atom is -0.462 e. The van der Waals surface area contributed by atoms with E-state index in [1.54, 1.807) is 0 Å². The Hall–Kier alpha value is -4.19. The molecule has 75 heavy (non-hydrogen) atoms. The lowest BCUT2D eigenvalue weighted by Gasteiger charge is -2.18. The highest BCUT2D eigenvalue weighted by Crippen LogP contribution is 2.14. The third kappa shape index (κ3) is 60.6. The monoisotopic (exact) mass is 1040 g/mol. The molecule has 0 rings (SSSR count). The van der Waals surface area contributed by atoms with Gasteiger partial charge in [-0.1, -0.05) is 251 Å². The summed E-state index contributed by atoms with van der Waals surface area (Å²) in [5, 5.41) is 0. The summed E-state index contributed by atoms with van der Waals surface area (Å²) in [4.78, 5) is 38.2. The highest BCUT2D eigenvalue weighted by Gasteiger charge is 2.19. The molecule has 0 saturated carbocycles. The second-order valence-corrected chi connectivity index (χ2v) is 20.2. The van der Waals surface area contributed by atoms with Crippen LogP contribution in [0.3, 0.4) is 0 Å². The summed E-state index contributed by atoms with van der Waals surface area (Å²) >= 11 is 0. The maximum absolute atomic E-state index is 12.9. The highest BCUT2D eigenvalue weighted by atomic mass is 16.6. The maximum atomic E-state index is 12.9. The normalized spacial score (nSPS) is 12.9. The molecule has 6 heteroatoms. The molecule has 0 aliphatic carbocycles. The van der Waals surface area contributed by atoms with Crippen LogP contribution in [0.4, 0.5) is 0 Å². The molecule has 0 heterocycles. The van der Waals surface area contributed by atoms with Crippen molar-refractivity contribution in [1.29, 1.82) is 0 Å². The molecule has 0 spiro atoms. The Bertz CT molecular complexity index is 1570. The van der Waals surface area contributed by atoms with Gasteiger partial charge in [-0.25, -0.2) is 0 Å². The van der Waals surface area contributed by atoms with Crippen LogP contribution in [-0.4, -0.2) is 37.2 Å². The van der Waals surface area contributed by atoms with Crippen LogP contribution in [-0.2, 0) is 28.6 Å². The second kappa shape index (κ2) is 62.4. The smallest absolute Gasteiger partial charge is 0.306 e. The SMILES string of the molecule is CC/C=C\C/C=C\C/C=C\C/C=C\C/C=C\C/C=C\C/C=C\CCCC(=O)OCC(COC(=O)CCCCCCC/C=C\CCCCCC)OC(=O)CCCCCCCCCCC/C=C\C/C=C\CCCCCCC. The molecule has 0 aliphatic heterocycles. The summed E-state index contributed by atoms with van der Waals surface area (Å²) in [6, 6.07) is 0. The van der Waals surface area contributed by atoms with Crippen LogP contribution in [0.5, 0.6) is 0 Å². The number of ether oxygens (including phenoxy) is 3. The van der Waals surface area contributed by atoms with E-state index >= 15 is 0 Å². The fourth-order valence-electron chi connectivity index (χ4n) is 8.28. The van der Waals surface area contributed by atoms with Gasteiger partial charge in [0.15, 0.2) is 6.10 Å². The van der Waals surface area contributed by atoms with E-state index in [-0.39, 0.29) is 37.5 Å². The number of allylic oxidation sites excluding steroid dienone is 20. The van der Waals surface area contributed by atoms with Gasteiger partial charge in [0.1, 0.15) is 13.2 Å². The first-order chi connectivity index (χ1) is 37.0. The molecule has 0 saturated heterocycles. The standard InChI is InChI=1S/C69H114O6/c1-4-7-10-13-16-19-22-25-27-29-31-33-34-36-37-39-41-44-47-50-53-56-59-62-68(71)74-65-66(64-73-67(70)61-58-55-52-49-46-43-24-21-18-15-12-9-6-3)75-69(72)63-60-57-54-51-48-45-42-40-38-35-32-30-28-26-23-20-17-14-11-8-5-2/h7,10,16,19,21,23-27,30-33,36-37,41,44,50,53,66H,4-6,8-9,11-15,17-18,20,22,28-29,34-35,38-40,42-43,45-49,51-52,54-65H2,1-3H3/b10-7-,19-16-,24-21-,26-23-,27-25-,32-30-,33-31-,37-36-,44-41-,53-50-. The quantitative estimate of drug-likeness (QED) is 0.0261. The zero-order valence-corrected chi connectivity index (χ0v) is 48.8. The summed E-state index contributed by atoms with van der Waals surface area (Å²) in [6.07, 6.45) is 86.3. The molecule has 6 nitrogen and oxygen atoms in total. The van der Waals surface area contributed by atoms with Crippen LogP contribution < -0.4 is 0 Å². The Morgan fingerprint density at radius 1 is 0.280 bits per heavy atom. The number of unbranched alkanes of at least 4 members (excludes halogenated alkanes) is 24. The van der Waals surface area contributed by atoms with Gasteiger partial charge < -0.3 is 14.2 Å². The molecule has 0 aromatic rings. The molecular weight excluding hydrogens is 925 g/mol. The van der Waals surface area contributed by atoms with Crippen LogP contribution in [0.15, 0.2) is 122 Å². The van der Waals surface area contributed by atoms with Crippen molar-refractivity contribution in [2.24, 2.45) is 0 Å². The van der Waals surface area contributed by atoms with Crippen molar-refractivity contribution >= 4 is 17.9 Å². The Morgan fingerprint density at radius 2 is 0.533 bits per heavy atom. The summed E-state index contributed by atoms with van der Waals surface area (Å²) in [5.74, 6) is -0.976. The second-order valence-electron chi connectivity index (χ2n) is 20.2. The van der Waals surface area contributed by atoms with Crippen molar-refractivity contribution in [1.82, 2.24) is 0 Å². The highest BCUT2D eigenvalue weighted by molar-refractivity contribution is 5.71. The number of carbonyl (C=O) groups excluding carboxylic acids is 3. The largest absolute Gasteiger partial charge is 0.462 e. The zero-order valence-electron chi connectivity index (χ0n) is 48.8. The van der Waals surface area contributed by atoms with E-state index < -0.39 is 6.10 Å². The summed E-state index contributed by atoms with van der Waals surface area (Å²) in [5.41, 5.74) is 0. The molecule has 1 unspecified atom stereocenters. The molecule has 0 radical (unpaired) electrons. The topological polar surface area (TPSA) is 78.9 Å². The lowest BCUT2D eigenvalue weighted by Crippen LogP contribution is -2.30. The fourth-order valence-corrected chi connectivity index (χ4v) is 8.28. The fraction of sp³-hybridized carbons (Fsp3) is 0.667. The maximum Gasteiger partial charge on any atom is 0.306 e. The van der Waals surface area contributed by atoms with Gasteiger partial charge in [0.2, 0.25) is 0 Å². The third-order valence-corrected chi connectivity index (χ3v) is 12.9. The third-order valence-electron chi connectivity index (χ3n) is 12.9. The molecule has 0 aromatic carbocycles. The van der Waals surface area contributed by atoms with Gasteiger partial charge in [0, 0.05) is 19.3 Å². The van der Waals surface area contributed by atoms with Crippen molar-refractivity contribution in [3.8, 4) is 0 Å². The van der Waals surface area contributed by atoms with Gasteiger partial charge in [-0.2, -0.15) is 0 Å². The van der Waals surface area contributed by atoms with Crippen molar-refractivity contribution < 1.29 is 28.6 Å². The molecule has 0 fully saturated rings. The van der Waals surface area contributed by atoms with Crippen molar-refractivity contribution in [3.05, 3.63) is 122 Å². The first-order valence-corrected chi connectivity index (χ1v) is 31.0. The number of hydrogen-bond donors (Lipinski definition) is 0. The van der Waals surface area contributed by atoms with E-state index in [1.165, 1.54) is 122 Å². The first kappa shape index (κ1) is 70.8. The number of esters is 3. The van der Waals surface area contributed by atoms with Gasteiger partial charge in [-0.15, -0.1) is 0 Å². The van der Waals surface area contributed by atoms with Gasteiger partial charge in [-0.05, 0) is 128 Å². The first-order valence-electron chi connectivity index (χ1n) is 31.0. The summed E-state index contributed by atoms with van der Waals surface area (Å²) < 4.78 is 16.8. The average Bonchev–Trinajstić information content (AvgIpc) is 3.41. The molecule has 0 aromatic heterocycles. The number of carbonyl (C=O) groups is 3. The Morgan fingerprint density at radius 3 is 0.893 bits per heavy atom. The molecule has 1 atom stereocenters. The molecule has 426 valence electrons. The van der Waals surface area contributed by atoms with E-state index in [4.69, 9.17) is 14.2 Å². The average molecular weight is 1040 g/mol. The Labute approximate surface area is 462 Å². The molecule has 0 N–H and O–H groups in total. The van der Waals surface area contributed by atoms with Gasteiger partial charge in [-0.3, -0.25) is 14.4 Å². The number of hydrogen-bond acceptors (Lipinski definition) is 6. The van der Waals surface area contributed by atoms with E-state index in [0.717, 1.165) is 109 Å². The van der Waals surface area contributed by atoms with E-state index in [2.05, 4.69) is 142 Å². The van der Waals surface area contributed by atoms with Gasteiger partial charge in [0.25, 0.3) is 0 Å². The van der Waals surface area contributed by atoms with Crippen molar-refractivity contribution in [2.75, 3.05) is 13.2 Å². The molecule has 0 aliphatic rings. The number of rotatable bonds is 55. The lowest BCUT2D eigenvalue weighted by molar-refractivity contribution is -0.167. The van der Waals surface area contributed by atoms with Gasteiger partial charge in [0.05, 0.1) is 0 Å². The Balaban J connectivity index is 4.47. The molecular formula is C69H114O6. The predicted octanol–water partition coefficient (Wildman–Crippen LogP) is 21.2. The van der Waals surface area contributed by atoms with Crippen molar-refractivity contribution in [3.63, 3.8) is 0 Å². The van der Waals surface area contributed by atoms with E-state index in [0.29, 0.717) is 19.3 Å². The zero-order chi connectivity index (χ0) is 54.3. The molecule has 0 bridgehead atoms. The predicted molar refractivity (Wildman–Crippen MR) is 325 cm³/mol.